The summed E-state index contributed by atoms with van der Waals surface area (Å²) in [4.78, 5) is 0. The number of nitrogens with zero attached hydrogens (tertiary/aromatic N) is 2. The van der Waals surface area contributed by atoms with Crippen LogP contribution in [0.25, 0.3) is 0 Å². The van der Waals surface area contributed by atoms with Crippen LogP contribution in [0.2, 0.25) is 0 Å². The quantitative estimate of drug-likeness (QED) is 0.298. The molecule has 0 bridgehead atoms. The Bertz CT molecular complexity index is 355. The molecule has 0 rings (SSSR count). The molecule has 0 radical (unpaired) electrons. The van der Waals surface area contributed by atoms with Crippen LogP contribution in [0.1, 0.15) is 65.2 Å². The zero-order chi connectivity index (χ0) is 19.8. The lowest BCUT2D eigenvalue weighted by molar-refractivity contribution is -0.890. The van der Waals surface area contributed by atoms with E-state index in [0.717, 1.165) is 28.4 Å². The third kappa shape index (κ3) is 12.7. The third-order valence-corrected chi connectivity index (χ3v) is 5.17. The molecule has 0 amide bonds. The van der Waals surface area contributed by atoms with Crippen molar-refractivity contribution in [3.63, 3.8) is 0 Å². The molecule has 0 aliphatic rings. The summed E-state index contributed by atoms with van der Waals surface area (Å²) >= 11 is 0. The lowest BCUT2D eigenvalue weighted by atomic mass is 9.86. The van der Waals surface area contributed by atoms with E-state index in [0.29, 0.717) is 6.42 Å². The standard InChI is InChI=1S/C20H43F3N2/c1-19(2,20(21,22)23)15-11-10-14-18-25(6,7)17-13-9-8-12-16-24(3,4)5/h8-18H2,1-7H3/q+2. The minimum absolute atomic E-state index is 0.232. The van der Waals surface area contributed by atoms with Gasteiger partial charge in [-0.05, 0) is 44.9 Å². The van der Waals surface area contributed by atoms with E-state index in [9.17, 15) is 13.2 Å². The topological polar surface area (TPSA) is 0 Å². The summed E-state index contributed by atoms with van der Waals surface area (Å²) in [5.41, 5.74) is -1.55. The van der Waals surface area contributed by atoms with Gasteiger partial charge in [-0.2, -0.15) is 13.2 Å². The number of unbranched alkanes of at least 4 members (excludes halogenated alkanes) is 5. The first-order valence-corrected chi connectivity index (χ1v) is 9.86. The van der Waals surface area contributed by atoms with E-state index in [4.69, 9.17) is 0 Å². The van der Waals surface area contributed by atoms with Crippen molar-refractivity contribution in [2.24, 2.45) is 5.41 Å². The first kappa shape index (κ1) is 24.7. The Kier molecular flexibility index (Phi) is 10.0. The fraction of sp³-hybridized carbons (Fsp3) is 1.00. The molecule has 0 N–H and O–H groups in total. The zero-order valence-corrected chi connectivity index (χ0v) is 17.8. The van der Waals surface area contributed by atoms with E-state index in [1.807, 2.05) is 0 Å². The van der Waals surface area contributed by atoms with Gasteiger partial charge in [-0.3, -0.25) is 0 Å². The molecule has 0 aliphatic carbocycles. The molecule has 152 valence electrons. The number of quaternary nitrogens is 2. The summed E-state index contributed by atoms with van der Waals surface area (Å²) in [7, 11) is 11.2. The second-order valence-electron chi connectivity index (χ2n) is 10.0. The van der Waals surface area contributed by atoms with Crippen LogP contribution in [-0.2, 0) is 0 Å². The third-order valence-electron chi connectivity index (χ3n) is 5.17. The summed E-state index contributed by atoms with van der Waals surface area (Å²) in [6.45, 7) is 6.08. The van der Waals surface area contributed by atoms with Crippen LogP contribution in [0.15, 0.2) is 0 Å². The van der Waals surface area contributed by atoms with Gasteiger partial charge in [-0.1, -0.05) is 20.3 Å². The van der Waals surface area contributed by atoms with Gasteiger partial charge in [0.1, 0.15) is 0 Å². The van der Waals surface area contributed by atoms with Gasteiger partial charge in [0.15, 0.2) is 0 Å². The molecular formula is C20H43F3N2+2. The van der Waals surface area contributed by atoms with Gasteiger partial charge in [0.2, 0.25) is 0 Å². The summed E-state index contributed by atoms with van der Waals surface area (Å²) in [5, 5.41) is 0. The lowest BCUT2D eigenvalue weighted by Gasteiger charge is -2.30. The number of hydrogen-bond acceptors (Lipinski definition) is 0. The van der Waals surface area contributed by atoms with Crippen LogP contribution >= 0.6 is 0 Å². The predicted molar refractivity (Wildman–Crippen MR) is 102 cm³/mol. The highest BCUT2D eigenvalue weighted by Crippen LogP contribution is 2.41. The molecule has 25 heavy (non-hydrogen) atoms. The second-order valence-corrected chi connectivity index (χ2v) is 10.0. The molecule has 0 unspecified atom stereocenters. The highest BCUT2D eigenvalue weighted by Gasteiger charge is 2.46. The SMILES string of the molecule is CC(C)(CCCCC[N+](C)(C)CCCCCC[N+](C)(C)C)C(F)(F)F. The fourth-order valence-corrected chi connectivity index (χ4v) is 3.02. The molecule has 0 heterocycles. The Labute approximate surface area is 154 Å². The molecule has 0 aromatic heterocycles. The van der Waals surface area contributed by atoms with E-state index >= 15 is 0 Å². The number of hydrogen-bond donors (Lipinski definition) is 0. The van der Waals surface area contributed by atoms with Crippen LogP contribution in [0.4, 0.5) is 13.2 Å². The monoisotopic (exact) mass is 368 g/mol. The maximum Gasteiger partial charge on any atom is 0.393 e. The van der Waals surface area contributed by atoms with Crippen molar-refractivity contribution in [3.8, 4) is 0 Å². The van der Waals surface area contributed by atoms with Crippen molar-refractivity contribution in [2.45, 2.75) is 71.4 Å². The van der Waals surface area contributed by atoms with Gasteiger partial charge >= 0.3 is 6.18 Å². The molecular weight excluding hydrogens is 325 g/mol. The van der Waals surface area contributed by atoms with E-state index in [1.165, 1.54) is 52.6 Å². The van der Waals surface area contributed by atoms with Crippen molar-refractivity contribution in [2.75, 3.05) is 54.9 Å². The Morgan fingerprint density at radius 3 is 1.40 bits per heavy atom. The minimum atomic E-state index is -4.09. The van der Waals surface area contributed by atoms with Crippen molar-refractivity contribution >= 4 is 0 Å². The molecule has 0 aromatic carbocycles. The van der Waals surface area contributed by atoms with Gasteiger partial charge < -0.3 is 8.97 Å². The second kappa shape index (κ2) is 10.1. The Morgan fingerprint density at radius 1 is 0.600 bits per heavy atom. The van der Waals surface area contributed by atoms with Crippen LogP contribution in [0, 0.1) is 5.41 Å². The van der Waals surface area contributed by atoms with E-state index in [-0.39, 0.29) is 6.42 Å². The van der Waals surface area contributed by atoms with E-state index in [2.05, 4.69) is 35.2 Å². The molecule has 0 fully saturated rings. The van der Waals surface area contributed by atoms with Crippen molar-refractivity contribution in [3.05, 3.63) is 0 Å². The molecule has 2 nitrogen and oxygen atoms in total. The first-order chi connectivity index (χ1) is 11.2. The minimum Gasteiger partial charge on any atom is -0.331 e. The van der Waals surface area contributed by atoms with Crippen LogP contribution in [-0.4, -0.2) is 70.0 Å². The van der Waals surface area contributed by atoms with Crippen LogP contribution < -0.4 is 0 Å². The average Bonchev–Trinajstić information content (AvgIpc) is 2.39. The van der Waals surface area contributed by atoms with Crippen LogP contribution in [0.3, 0.4) is 0 Å². The number of halogens is 3. The van der Waals surface area contributed by atoms with Crippen LogP contribution in [0.5, 0.6) is 0 Å². The highest BCUT2D eigenvalue weighted by molar-refractivity contribution is 4.76. The van der Waals surface area contributed by atoms with Crippen molar-refractivity contribution < 1.29 is 22.1 Å². The molecule has 0 aliphatic heterocycles. The molecule has 0 aromatic rings. The Morgan fingerprint density at radius 2 is 1.00 bits per heavy atom. The maximum absolute atomic E-state index is 12.8. The van der Waals surface area contributed by atoms with E-state index in [1.54, 1.807) is 0 Å². The number of alkyl halides is 3. The molecule has 0 spiro atoms. The van der Waals surface area contributed by atoms with Gasteiger partial charge in [0.25, 0.3) is 0 Å². The smallest absolute Gasteiger partial charge is 0.331 e. The first-order valence-electron chi connectivity index (χ1n) is 9.86. The van der Waals surface area contributed by atoms with Gasteiger partial charge in [0.05, 0.1) is 60.3 Å². The van der Waals surface area contributed by atoms with E-state index < -0.39 is 11.6 Å². The van der Waals surface area contributed by atoms with Gasteiger partial charge in [0, 0.05) is 0 Å². The Hall–Kier alpha value is -0.290. The largest absolute Gasteiger partial charge is 0.393 e. The van der Waals surface area contributed by atoms with Crippen molar-refractivity contribution in [1.82, 2.24) is 0 Å². The van der Waals surface area contributed by atoms with Gasteiger partial charge in [-0.15, -0.1) is 0 Å². The fourth-order valence-electron chi connectivity index (χ4n) is 3.02. The molecule has 0 saturated heterocycles. The molecule has 0 saturated carbocycles. The van der Waals surface area contributed by atoms with Gasteiger partial charge in [-0.25, -0.2) is 0 Å². The summed E-state index contributed by atoms with van der Waals surface area (Å²) in [5.74, 6) is 0. The predicted octanol–water partition coefficient (Wildman–Crippen LogP) is 5.48. The maximum atomic E-state index is 12.8. The van der Waals surface area contributed by atoms with Crippen molar-refractivity contribution in [1.29, 1.82) is 0 Å². The highest BCUT2D eigenvalue weighted by atomic mass is 19.4. The number of rotatable bonds is 13. The Balaban J connectivity index is 3.77. The zero-order valence-electron chi connectivity index (χ0n) is 17.8. The molecule has 0 atom stereocenters. The lowest BCUT2D eigenvalue weighted by Crippen LogP contribution is -2.41. The normalized spacial score (nSPS) is 14.2. The summed E-state index contributed by atoms with van der Waals surface area (Å²) in [6.07, 6.45) is 3.82. The summed E-state index contributed by atoms with van der Waals surface area (Å²) < 4.78 is 40.5. The summed E-state index contributed by atoms with van der Waals surface area (Å²) in [6, 6.07) is 0. The molecule has 5 heteroatoms. The average molecular weight is 369 g/mol.